The Morgan fingerprint density at radius 3 is 2.19 bits per heavy atom. The van der Waals surface area contributed by atoms with Crippen molar-refractivity contribution in [2.75, 3.05) is 6.61 Å². The zero-order valence-electron chi connectivity index (χ0n) is 16.7. The van der Waals surface area contributed by atoms with Gasteiger partial charge in [0, 0.05) is 0 Å². The summed E-state index contributed by atoms with van der Waals surface area (Å²) < 4.78 is 5.78. The molecule has 2 aromatic carbocycles. The summed E-state index contributed by atoms with van der Waals surface area (Å²) in [7, 11) is 0. The highest BCUT2D eigenvalue weighted by Crippen LogP contribution is 2.23. The molecular formula is C23H31NO3. The van der Waals surface area contributed by atoms with Crippen molar-refractivity contribution < 1.29 is 14.6 Å². The van der Waals surface area contributed by atoms with Gasteiger partial charge in [0.1, 0.15) is 5.75 Å². The second-order valence-electron chi connectivity index (χ2n) is 7.25. The fourth-order valence-corrected chi connectivity index (χ4v) is 2.78. The Morgan fingerprint density at radius 1 is 1.00 bits per heavy atom. The molecule has 0 radical (unpaired) electrons. The van der Waals surface area contributed by atoms with Gasteiger partial charge in [0.25, 0.3) is 0 Å². The summed E-state index contributed by atoms with van der Waals surface area (Å²) >= 11 is 0. The fraction of sp³-hybridized carbons (Fsp3) is 0.435. The maximum Gasteiger partial charge on any atom is 0.227 e. The smallest absolute Gasteiger partial charge is 0.227 e. The first-order chi connectivity index (χ1) is 12.9. The van der Waals surface area contributed by atoms with E-state index in [0.29, 0.717) is 12.5 Å². The zero-order chi connectivity index (χ0) is 19.8. The summed E-state index contributed by atoms with van der Waals surface area (Å²) in [5.74, 6) is 0.913. The maximum atomic E-state index is 12.7. The predicted molar refractivity (Wildman–Crippen MR) is 109 cm³/mol. The van der Waals surface area contributed by atoms with E-state index in [1.165, 1.54) is 0 Å². The van der Waals surface area contributed by atoms with Crippen molar-refractivity contribution in [3.63, 3.8) is 0 Å². The van der Waals surface area contributed by atoms with E-state index in [-0.39, 0.29) is 11.8 Å². The van der Waals surface area contributed by atoms with Crippen molar-refractivity contribution in [3.05, 3.63) is 65.7 Å². The third-order valence-corrected chi connectivity index (χ3v) is 4.94. The van der Waals surface area contributed by atoms with Crippen LogP contribution in [0.3, 0.4) is 0 Å². The molecule has 1 amide bonds. The average molecular weight is 370 g/mol. The maximum absolute atomic E-state index is 12.7. The Balaban J connectivity index is 2.05. The molecule has 0 saturated carbocycles. The van der Waals surface area contributed by atoms with Crippen LogP contribution in [-0.4, -0.2) is 23.7 Å². The van der Waals surface area contributed by atoms with Gasteiger partial charge >= 0.3 is 0 Å². The minimum atomic E-state index is -0.705. The molecule has 27 heavy (non-hydrogen) atoms. The molecule has 0 spiro atoms. The van der Waals surface area contributed by atoms with Crippen LogP contribution in [0.2, 0.25) is 0 Å². The Kier molecular flexibility index (Phi) is 7.86. The Morgan fingerprint density at radius 2 is 1.63 bits per heavy atom. The van der Waals surface area contributed by atoms with E-state index in [1.54, 1.807) is 6.92 Å². The van der Waals surface area contributed by atoms with Gasteiger partial charge in [-0.15, -0.1) is 0 Å². The summed E-state index contributed by atoms with van der Waals surface area (Å²) in [6.45, 7) is 8.53. The standard InChI is InChI=1S/C23H31NO3/c1-5-16(2)15-27-21-13-11-20(12-14-21)22(18(4)25)24-23(26)17(3)19-9-7-6-8-10-19/h6-14,16-18,22,25H,5,15H2,1-4H3,(H,24,26)/t16-,17?,18+,22-/m0/s1. The van der Waals surface area contributed by atoms with Crippen LogP contribution < -0.4 is 10.1 Å². The second kappa shape index (κ2) is 10.1. The van der Waals surface area contributed by atoms with E-state index < -0.39 is 12.1 Å². The lowest BCUT2D eigenvalue weighted by Crippen LogP contribution is -2.37. The lowest BCUT2D eigenvalue weighted by molar-refractivity contribution is -0.123. The van der Waals surface area contributed by atoms with Crippen molar-refractivity contribution in [2.45, 2.75) is 52.2 Å². The quantitative estimate of drug-likeness (QED) is 0.686. The van der Waals surface area contributed by atoms with E-state index in [4.69, 9.17) is 4.74 Å². The molecule has 0 saturated heterocycles. The largest absolute Gasteiger partial charge is 0.493 e. The van der Waals surface area contributed by atoms with Gasteiger partial charge < -0.3 is 15.2 Å². The molecule has 4 heteroatoms. The normalized spacial score (nSPS) is 15.4. The molecule has 4 nitrogen and oxygen atoms in total. The predicted octanol–water partition coefficient (Wildman–Crippen LogP) is 4.45. The van der Waals surface area contributed by atoms with E-state index in [9.17, 15) is 9.90 Å². The molecule has 0 heterocycles. The van der Waals surface area contributed by atoms with Crippen LogP contribution in [0.25, 0.3) is 0 Å². The number of benzene rings is 2. The van der Waals surface area contributed by atoms with Crippen molar-refractivity contribution in [2.24, 2.45) is 5.92 Å². The zero-order valence-corrected chi connectivity index (χ0v) is 16.7. The van der Waals surface area contributed by atoms with E-state index >= 15 is 0 Å². The second-order valence-corrected chi connectivity index (χ2v) is 7.25. The number of hydrogen-bond donors (Lipinski definition) is 2. The van der Waals surface area contributed by atoms with E-state index in [2.05, 4.69) is 19.2 Å². The summed E-state index contributed by atoms with van der Waals surface area (Å²) in [5.41, 5.74) is 1.81. The highest BCUT2D eigenvalue weighted by molar-refractivity contribution is 5.83. The van der Waals surface area contributed by atoms with Crippen LogP contribution >= 0.6 is 0 Å². The van der Waals surface area contributed by atoms with Crippen LogP contribution in [0.4, 0.5) is 0 Å². The Labute approximate surface area is 162 Å². The van der Waals surface area contributed by atoms with Gasteiger partial charge in [0.15, 0.2) is 0 Å². The number of carbonyl (C=O) groups is 1. The van der Waals surface area contributed by atoms with Crippen molar-refractivity contribution in [3.8, 4) is 5.75 Å². The molecule has 2 rings (SSSR count). The van der Waals surface area contributed by atoms with Crippen LogP contribution in [0, 0.1) is 5.92 Å². The monoisotopic (exact) mass is 369 g/mol. The minimum Gasteiger partial charge on any atom is -0.493 e. The molecule has 0 aliphatic heterocycles. The molecule has 4 atom stereocenters. The lowest BCUT2D eigenvalue weighted by atomic mass is 9.97. The number of hydrogen-bond acceptors (Lipinski definition) is 3. The van der Waals surface area contributed by atoms with Crippen LogP contribution in [-0.2, 0) is 4.79 Å². The first-order valence-electron chi connectivity index (χ1n) is 9.68. The van der Waals surface area contributed by atoms with Crippen molar-refractivity contribution in [1.29, 1.82) is 0 Å². The first kappa shape index (κ1) is 21.0. The highest BCUT2D eigenvalue weighted by atomic mass is 16.5. The molecule has 0 aromatic heterocycles. The number of ether oxygens (including phenoxy) is 1. The van der Waals surface area contributed by atoms with Gasteiger partial charge in [-0.3, -0.25) is 4.79 Å². The van der Waals surface area contributed by atoms with E-state index in [0.717, 1.165) is 23.3 Å². The Hall–Kier alpha value is -2.33. The number of amides is 1. The summed E-state index contributed by atoms with van der Waals surface area (Å²) in [5, 5.41) is 13.2. The number of aliphatic hydroxyl groups is 1. The topological polar surface area (TPSA) is 58.6 Å². The summed E-state index contributed by atoms with van der Waals surface area (Å²) in [6.07, 6.45) is 0.372. The van der Waals surface area contributed by atoms with Gasteiger partial charge in [0.05, 0.1) is 24.7 Å². The number of carbonyl (C=O) groups excluding carboxylic acids is 1. The highest BCUT2D eigenvalue weighted by Gasteiger charge is 2.23. The molecule has 0 bridgehead atoms. The van der Waals surface area contributed by atoms with Gasteiger partial charge in [-0.2, -0.15) is 0 Å². The SMILES string of the molecule is CC[C@H](C)COc1ccc([C@@H](NC(=O)C(C)c2ccccc2)[C@@H](C)O)cc1. The number of nitrogens with one attached hydrogen (secondary N) is 1. The molecule has 1 unspecified atom stereocenters. The molecule has 0 aliphatic rings. The van der Waals surface area contributed by atoms with Gasteiger partial charge in [-0.1, -0.05) is 62.7 Å². The molecule has 0 fully saturated rings. The number of aliphatic hydroxyl groups excluding tert-OH is 1. The average Bonchev–Trinajstić information content (AvgIpc) is 2.70. The lowest BCUT2D eigenvalue weighted by Gasteiger charge is -2.24. The third kappa shape index (κ3) is 6.10. The van der Waals surface area contributed by atoms with Crippen molar-refractivity contribution >= 4 is 5.91 Å². The first-order valence-corrected chi connectivity index (χ1v) is 9.68. The Bertz CT molecular complexity index is 697. The molecule has 146 valence electrons. The number of rotatable bonds is 9. The molecule has 2 aromatic rings. The van der Waals surface area contributed by atoms with E-state index in [1.807, 2.05) is 61.5 Å². The van der Waals surface area contributed by atoms with Gasteiger partial charge in [-0.25, -0.2) is 0 Å². The fourth-order valence-electron chi connectivity index (χ4n) is 2.78. The molecule has 0 aliphatic carbocycles. The molecular weight excluding hydrogens is 338 g/mol. The van der Waals surface area contributed by atoms with Crippen LogP contribution in [0.15, 0.2) is 54.6 Å². The van der Waals surface area contributed by atoms with Gasteiger partial charge in [-0.05, 0) is 43.0 Å². The minimum absolute atomic E-state index is 0.107. The molecule has 2 N–H and O–H groups in total. The third-order valence-electron chi connectivity index (χ3n) is 4.94. The van der Waals surface area contributed by atoms with Crippen LogP contribution in [0.5, 0.6) is 5.75 Å². The van der Waals surface area contributed by atoms with Crippen molar-refractivity contribution in [1.82, 2.24) is 5.32 Å². The summed E-state index contributed by atoms with van der Waals surface area (Å²) in [4.78, 5) is 12.7. The summed E-state index contributed by atoms with van der Waals surface area (Å²) in [6, 6.07) is 16.8. The van der Waals surface area contributed by atoms with Gasteiger partial charge in [0.2, 0.25) is 5.91 Å². The van der Waals surface area contributed by atoms with Crippen LogP contribution in [0.1, 0.15) is 57.2 Å².